The second-order valence-corrected chi connectivity index (χ2v) is 5.06. The molecule has 118 valence electrons. The second kappa shape index (κ2) is 5.56. The van der Waals surface area contributed by atoms with Crippen molar-refractivity contribution in [3.05, 3.63) is 34.1 Å². The summed E-state index contributed by atoms with van der Waals surface area (Å²) in [6.07, 6.45) is -3.20. The molecule has 1 atom stereocenters. The first-order valence-corrected chi connectivity index (χ1v) is 6.64. The van der Waals surface area contributed by atoms with Gasteiger partial charge in [0, 0.05) is 19.6 Å². The number of ether oxygens (including phenoxy) is 1. The lowest BCUT2D eigenvalue weighted by molar-refractivity contribution is -0.141. The molecular formula is C13H12F3N3O3. The summed E-state index contributed by atoms with van der Waals surface area (Å²) in [5.41, 5.74) is -2.09. The third-order valence-electron chi connectivity index (χ3n) is 3.41. The summed E-state index contributed by atoms with van der Waals surface area (Å²) in [5.74, 6) is 0.591. The third kappa shape index (κ3) is 3.03. The van der Waals surface area contributed by atoms with Crippen LogP contribution in [0.15, 0.2) is 21.5 Å². The van der Waals surface area contributed by atoms with Crippen LogP contribution in [-0.4, -0.2) is 28.3 Å². The van der Waals surface area contributed by atoms with E-state index < -0.39 is 17.4 Å². The molecule has 0 aromatic carbocycles. The van der Waals surface area contributed by atoms with Gasteiger partial charge in [-0.1, -0.05) is 5.16 Å². The van der Waals surface area contributed by atoms with Gasteiger partial charge in [-0.25, -0.2) is 0 Å². The standard InChI is InChI=1S/C13H12F3N3O3/c14-13(15,16)9-2-1-8(12(20)17-9)11-18-10(22-19-11)5-7-3-4-21-6-7/h1-2,7H,3-6H2,(H,17,20). The highest BCUT2D eigenvalue weighted by Crippen LogP contribution is 2.27. The lowest BCUT2D eigenvalue weighted by Crippen LogP contribution is -2.17. The first-order valence-electron chi connectivity index (χ1n) is 6.64. The van der Waals surface area contributed by atoms with Crippen LogP contribution in [0.1, 0.15) is 18.0 Å². The topological polar surface area (TPSA) is 81.0 Å². The predicted molar refractivity (Wildman–Crippen MR) is 68.0 cm³/mol. The molecule has 1 unspecified atom stereocenters. The molecule has 1 aliphatic heterocycles. The van der Waals surface area contributed by atoms with Crippen LogP contribution in [0.5, 0.6) is 0 Å². The van der Waals surface area contributed by atoms with Crippen molar-refractivity contribution in [3.63, 3.8) is 0 Å². The number of H-pyrrole nitrogens is 1. The van der Waals surface area contributed by atoms with Crippen LogP contribution < -0.4 is 5.56 Å². The van der Waals surface area contributed by atoms with Crippen LogP contribution in [-0.2, 0) is 17.3 Å². The monoisotopic (exact) mass is 315 g/mol. The molecule has 0 amide bonds. The predicted octanol–water partition coefficient (Wildman–Crippen LogP) is 2.02. The maximum absolute atomic E-state index is 12.5. The number of alkyl halides is 3. The van der Waals surface area contributed by atoms with Gasteiger partial charge in [-0.15, -0.1) is 0 Å². The number of halogens is 3. The molecule has 0 aliphatic carbocycles. The zero-order valence-corrected chi connectivity index (χ0v) is 11.3. The number of aromatic amines is 1. The summed E-state index contributed by atoms with van der Waals surface area (Å²) in [6, 6.07) is 1.81. The Labute approximate surface area is 122 Å². The maximum atomic E-state index is 12.5. The first kappa shape index (κ1) is 14.8. The minimum Gasteiger partial charge on any atom is -0.381 e. The van der Waals surface area contributed by atoms with Crippen LogP contribution in [0.25, 0.3) is 11.4 Å². The quantitative estimate of drug-likeness (QED) is 0.937. The van der Waals surface area contributed by atoms with E-state index in [0.717, 1.165) is 18.6 Å². The Morgan fingerprint density at radius 3 is 2.82 bits per heavy atom. The van der Waals surface area contributed by atoms with Crippen LogP contribution in [0, 0.1) is 5.92 Å². The summed E-state index contributed by atoms with van der Waals surface area (Å²) in [4.78, 5) is 17.6. The van der Waals surface area contributed by atoms with Crippen molar-refractivity contribution in [2.24, 2.45) is 5.92 Å². The molecule has 1 fully saturated rings. The Kier molecular flexibility index (Phi) is 3.73. The van der Waals surface area contributed by atoms with E-state index in [1.54, 1.807) is 4.98 Å². The van der Waals surface area contributed by atoms with Gasteiger partial charge in [0.2, 0.25) is 11.7 Å². The summed E-state index contributed by atoms with van der Waals surface area (Å²) in [6.45, 7) is 1.29. The molecule has 2 aromatic heterocycles. The van der Waals surface area contributed by atoms with E-state index in [2.05, 4.69) is 10.1 Å². The fourth-order valence-electron chi connectivity index (χ4n) is 2.25. The number of aromatic nitrogens is 3. The highest BCUT2D eigenvalue weighted by atomic mass is 19.4. The summed E-state index contributed by atoms with van der Waals surface area (Å²) in [5, 5.41) is 3.65. The highest BCUT2D eigenvalue weighted by Gasteiger charge is 2.32. The SMILES string of the molecule is O=c1[nH]c(C(F)(F)F)ccc1-c1noc(CC2CCOC2)n1. The number of pyridine rings is 1. The number of hydrogen-bond acceptors (Lipinski definition) is 5. The molecule has 22 heavy (non-hydrogen) atoms. The van der Waals surface area contributed by atoms with Crippen molar-refractivity contribution in [1.29, 1.82) is 0 Å². The molecule has 1 saturated heterocycles. The van der Waals surface area contributed by atoms with E-state index >= 15 is 0 Å². The van der Waals surface area contributed by atoms with Gasteiger partial charge in [-0.05, 0) is 24.5 Å². The van der Waals surface area contributed by atoms with Crippen molar-refractivity contribution >= 4 is 0 Å². The van der Waals surface area contributed by atoms with E-state index in [0.29, 0.717) is 25.5 Å². The molecule has 0 bridgehead atoms. The number of nitrogens with zero attached hydrogens (tertiary/aromatic N) is 2. The minimum absolute atomic E-state index is 0.0242. The van der Waals surface area contributed by atoms with Crippen molar-refractivity contribution in [1.82, 2.24) is 15.1 Å². The van der Waals surface area contributed by atoms with E-state index in [9.17, 15) is 18.0 Å². The van der Waals surface area contributed by atoms with E-state index in [1.165, 1.54) is 0 Å². The Hall–Kier alpha value is -2.16. The highest BCUT2D eigenvalue weighted by molar-refractivity contribution is 5.52. The Morgan fingerprint density at radius 2 is 2.18 bits per heavy atom. The van der Waals surface area contributed by atoms with Crippen molar-refractivity contribution in [2.45, 2.75) is 19.0 Å². The lowest BCUT2D eigenvalue weighted by atomic mass is 10.1. The lowest BCUT2D eigenvalue weighted by Gasteiger charge is -2.05. The van der Waals surface area contributed by atoms with E-state index in [4.69, 9.17) is 9.26 Å². The first-order chi connectivity index (χ1) is 10.4. The van der Waals surface area contributed by atoms with Gasteiger partial charge in [-0.3, -0.25) is 4.79 Å². The Bertz CT molecular complexity index is 717. The minimum atomic E-state index is -4.61. The molecule has 3 heterocycles. The number of hydrogen-bond donors (Lipinski definition) is 1. The molecule has 2 aromatic rings. The van der Waals surface area contributed by atoms with Gasteiger partial charge in [0.25, 0.3) is 5.56 Å². The molecule has 9 heteroatoms. The number of rotatable bonds is 3. The van der Waals surface area contributed by atoms with Crippen LogP contribution in [0.3, 0.4) is 0 Å². The van der Waals surface area contributed by atoms with Gasteiger partial charge in [-0.2, -0.15) is 18.2 Å². The van der Waals surface area contributed by atoms with Gasteiger partial charge in [0.05, 0.1) is 5.56 Å². The fourth-order valence-corrected chi connectivity index (χ4v) is 2.25. The zero-order chi connectivity index (χ0) is 15.7. The summed E-state index contributed by atoms with van der Waals surface area (Å²) >= 11 is 0. The normalized spacial score (nSPS) is 18.8. The van der Waals surface area contributed by atoms with Crippen LogP contribution in [0.2, 0.25) is 0 Å². The molecule has 0 spiro atoms. The largest absolute Gasteiger partial charge is 0.431 e. The zero-order valence-electron chi connectivity index (χ0n) is 11.3. The van der Waals surface area contributed by atoms with E-state index in [-0.39, 0.29) is 17.3 Å². The van der Waals surface area contributed by atoms with Gasteiger partial charge >= 0.3 is 6.18 Å². The Morgan fingerprint density at radius 1 is 1.36 bits per heavy atom. The molecule has 6 nitrogen and oxygen atoms in total. The average molecular weight is 315 g/mol. The Balaban J connectivity index is 1.82. The summed E-state index contributed by atoms with van der Waals surface area (Å²) in [7, 11) is 0. The third-order valence-corrected chi connectivity index (χ3v) is 3.41. The van der Waals surface area contributed by atoms with Crippen LogP contribution >= 0.6 is 0 Å². The fraction of sp³-hybridized carbons (Fsp3) is 0.462. The number of nitrogens with one attached hydrogen (secondary N) is 1. The van der Waals surface area contributed by atoms with E-state index in [1.807, 2.05) is 0 Å². The molecule has 0 saturated carbocycles. The van der Waals surface area contributed by atoms with Gasteiger partial charge in [0.1, 0.15) is 5.69 Å². The second-order valence-electron chi connectivity index (χ2n) is 5.06. The molecule has 3 rings (SSSR count). The molecule has 1 N–H and O–H groups in total. The molecule has 0 radical (unpaired) electrons. The smallest absolute Gasteiger partial charge is 0.381 e. The molecule has 1 aliphatic rings. The molecular weight excluding hydrogens is 303 g/mol. The van der Waals surface area contributed by atoms with Crippen molar-refractivity contribution in [3.8, 4) is 11.4 Å². The maximum Gasteiger partial charge on any atom is 0.431 e. The van der Waals surface area contributed by atoms with Gasteiger partial charge in [0.15, 0.2) is 0 Å². The van der Waals surface area contributed by atoms with Crippen LogP contribution in [0.4, 0.5) is 13.2 Å². The average Bonchev–Trinajstić information content (AvgIpc) is 3.10. The van der Waals surface area contributed by atoms with Crippen molar-refractivity contribution < 1.29 is 22.4 Å². The summed E-state index contributed by atoms with van der Waals surface area (Å²) < 4.78 is 47.8. The van der Waals surface area contributed by atoms with Gasteiger partial charge < -0.3 is 14.2 Å². The van der Waals surface area contributed by atoms with Crippen molar-refractivity contribution in [2.75, 3.05) is 13.2 Å².